The molecule has 4 nitrogen and oxygen atoms in total. The van der Waals surface area contributed by atoms with Crippen LogP contribution in [0.3, 0.4) is 0 Å². The molecular formula is C13H18N2O2. The van der Waals surface area contributed by atoms with Crippen LogP contribution in [0.2, 0.25) is 0 Å². The van der Waals surface area contributed by atoms with Crippen LogP contribution in [0.15, 0.2) is 40.6 Å². The second kappa shape index (κ2) is 7.44. The van der Waals surface area contributed by atoms with E-state index in [0.29, 0.717) is 6.42 Å². The molecular weight excluding hydrogens is 216 g/mol. The molecule has 0 radical (unpaired) electrons. The first-order valence-corrected chi connectivity index (χ1v) is 5.45. The summed E-state index contributed by atoms with van der Waals surface area (Å²) >= 11 is 0. The van der Waals surface area contributed by atoms with Crippen molar-refractivity contribution in [3.63, 3.8) is 0 Å². The molecule has 0 atom stereocenters. The van der Waals surface area contributed by atoms with Crippen molar-refractivity contribution in [1.29, 1.82) is 0 Å². The van der Waals surface area contributed by atoms with Crippen molar-refractivity contribution in [3.05, 3.63) is 35.9 Å². The maximum atomic E-state index is 4.85. The average molecular weight is 234 g/mol. The summed E-state index contributed by atoms with van der Waals surface area (Å²) in [5, 5.41) is 7.89. The highest BCUT2D eigenvalue weighted by Crippen LogP contribution is 2.04. The van der Waals surface area contributed by atoms with Crippen molar-refractivity contribution in [2.24, 2.45) is 10.3 Å². The molecule has 0 aliphatic rings. The highest BCUT2D eigenvalue weighted by Gasteiger charge is 2.05. The van der Waals surface area contributed by atoms with Gasteiger partial charge in [-0.15, -0.1) is 0 Å². The second-order valence-corrected chi connectivity index (χ2v) is 3.69. The van der Waals surface area contributed by atoms with Crippen LogP contribution >= 0.6 is 0 Å². The van der Waals surface area contributed by atoms with Gasteiger partial charge < -0.3 is 9.68 Å². The number of hydrogen-bond donors (Lipinski definition) is 0. The fraction of sp³-hybridized carbons (Fsp3) is 0.385. The molecule has 1 aromatic carbocycles. The SMILES string of the molecule is CO/N=C(\C/C(C)=N/OC)Cc1ccccc1. The zero-order valence-corrected chi connectivity index (χ0v) is 10.5. The molecule has 0 N–H and O–H groups in total. The zero-order chi connectivity index (χ0) is 12.5. The van der Waals surface area contributed by atoms with E-state index in [4.69, 9.17) is 9.68 Å². The van der Waals surface area contributed by atoms with Crippen LogP contribution in [0.25, 0.3) is 0 Å². The first-order valence-electron chi connectivity index (χ1n) is 5.45. The van der Waals surface area contributed by atoms with Crippen molar-refractivity contribution in [1.82, 2.24) is 0 Å². The predicted molar refractivity (Wildman–Crippen MR) is 69.3 cm³/mol. The minimum absolute atomic E-state index is 0.649. The van der Waals surface area contributed by atoms with Gasteiger partial charge in [0.1, 0.15) is 14.2 Å². The Labute approximate surface area is 102 Å². The largest absolute Gasteiger partial charge is 0.399 e. The molecule has 0 bridgehead atoms. The summed E-state index contributed by atoms with van der Waals surface area (Å²) in [6, 6.07) is 10.1. The summed E-state index contributed by atoms with van der Waals surface area (Å²) in [5.41, 5.74) is 3.00. The highest BCUT2D eigenvalue weighted by atomic mass is 16.6. The summed E-state index contributed by atoms with van der Waals surface area (Å²) in [5.74, 6) is 0. The Morgan fingerprint density at radius 1 is 1.06 bits per heavy atom. The van der Waals surface area contributed by atoms with Gasteiger partial charge in [0.25, 0.3) is 0 Å². The van der Waals surface area contributed by atoms with Crippen LogP contribution in [0.4, 0.5) is 0 Å². The van der Waals surface area contributed by atoms with Crippen molar-refractivity contribution < 1.29 is 9.68 Å². The van der Waals surface area contributed by atoms with E-state index < -0.39 is 0 Å². The Hall–Kier alpha value is -1.84. The number of hydrogen-bond acceptors (Lipinski definition) is 4. The molecule has 0 amide bonds. The Bertz CT molecular complexity index is 386. The Morgan fingerprint density at radius 2 is 1.71 bits per heavy atom. The smallest absolute Gasteiger partial charge is 0.106 e. The molecule has 0 aromatic heterocycles. The van der Waals surface area contributed by atoms with Gasteiger partial charge in [-0.05, 0) is 12.5 Å². The standard InChI is InChI=1S/C13H18N2O2/c1-11(14-16-2)9-13(15-17-3)10-12-7-5-4-6-8-12/h4-8H,9-10H2,1-3H3/b14-11+,15-13+. The third kappa shape index (κ3) is 5.15. The summed E-state index contributed by atoms with van der Waals surface area (Å²) in [6.07, 6.45) is 1.40. The number of nitrogens with zero attached hydrogens (tertiary/aromatic N) is 2. The summed E-state index contributed by atoms with van der Waals surface area (Å²) in [4.78, 5) is 9.57. The van der Waals surface area contributed by atoms with Crippen molar-refractivity contribution in [3.8, 4) is 0 Å². The third-order valence-corrected chi connectivity index (χ3v) is 2.18. The van der Waals surface area contributed by atoms with E-state index in [1.807, 2.05) is 25.1 Å². The van der Waals surface area contributed by atoms with Crippen LogP contribution in [0.1, 0.15) is 18.9 Å². The molecule has 4 heteroatoms. The fourth-order valence-electron chi connectivity index (χ4n) is 1.57. The molecule has 0 aliphatic heterocycles. The Kier molecular flexibility index (Phi) is 5.79. The highest BCUT2D eigenvalue weighted by molar-refractivity contribution is 6.03. The van der Waals surface area contributed by atoms with Gasteiger partial charge in [-0.1, -0.05) is 40.6 Å². The lowest BCUT2D eigenvalue weighted by Crippen LogP contribution is -2.09. The molecule has 0 saturated carbocycles. The van der Waals surface area contributed by atoms with Gasteiger partial charge in [0.15, 0.2) is 0 Å². The molecule has 0 unspecified atom stereocenters. The van der Waals surface area contributed by atoms with E-state index >= 15 is 0 Å². The van der Waals surface area contributed by atoms with Crippen LogP contribution in [-0.4, -0.2) is 25.6 Å². The summed E-state index contributed by atoms with van der Waals surface area (Å²) in [7, 11) is 3.08. The molecule has 0 fully saturated rings. The Balaban J connectivity index is 2.68. The van der Waals surface area contributed by atoms with Gasteiger partial charge in [-0.3, -0.25) is 0 Å². The number of benzene rings is 1. The lowest BCUT2D eigenvalue weighted by Gasteiger charge is -2.05. The molecule has 0 spiro atoms. The van der Waals surface area contributed by atoms with Gasteiger partial charge in [0.05, 0.1) is 11.4 Å². The molecule has 0 heterocycles. The van der Waals surface area contributed by atoms with Crippen molar-refractivity contribution in [2.75, 3.05) is 14.2 Å². The number of oxime groups is 2. The van der Waals surface area contributed by atoms with E-state index in [0.717, 1.165) is 17.8 Å². The van der Waals surface area contributed by atoms with E-state index in [9.17, 15) is 0 Å². The first-order chi connectivity index (χ1) is 8.26. The van der Waals surface area contributed by atoms with Gasteiger partial charge >= 0.3 is 0 Å². The van der Waals surface area contributed by atoms with Gasteiger partial charge in [0, 0.05) is 12.8 Å². The second-order valence-electron chi connectivity index (χ2n) is 3.69. The average Bonchev–Trinajstić information content (AvgIpc) is 2.31. The molecule has 17 heavy (non-hydrogen) atoms. The molecule has 0 saturated heterocycles. The maximum Gasteiger partial charge on any atom is 0.106 e. The summed E-state index contributed by atoms with van der Waals surface area (Å²) < 4.78 is 0. The molecule has 1 rings (SSSR count). The van der Waals surface area contributed by atoms with E-state index in [-0.39, 0.29) is 0 Å². The van der Waals surface area contributed by atoms with E-state index in [1.54, 1.807) is 7.11 Å². The fourth-order valence-corrected chi connectivity index (χ4v) is 1.57. The lowest BCUT2D eigenvalue weighted by molar-refractivity contribution is 0.210. The maximum absolute atomic E-state index is 4.85. The van der Waals surface area contributed by atoms with E-state index in [2.05, 4.69) is 22.4 Å². The number of rotatable bonds is 6. The molecule has 92 valence electrons. The molecule has 0 aliphatic carbocycles. The van der Waals surface area contributed by atoms with Crippen LogP contribution < -0.4 is 0 Å². The molecule has 1 aromatic rings. The minimum Gasteiger partial charge on any atom is -0.399 e. The van der Waals surface area contributed by atoms with Gasteiger partial charge in [-0.25, -0.2) is 0 Å². The van der Waals surface area contributed by atoms with Gasteiger partial charge in [0.2, 0.25) is 0 Å². The summed E-state index contributed by atoms with van der Waals surface area (Å²) in [6.45, 7) is 1.90. The van der Waals surface area contributed by atoms with Crippen LogP contribution in [-0.2, 0) is 16.1 Å². The quantitative estimate of drug-likeness (QED) is 0.561. The lowest BCUT2D eigenvalue weighted by atomic mass is 10.0. The van der Waals surface area contributed by atoms with Crippen LogP contribution in [0.5, 0.6) is 0 Å². The van der Waals surface area contributed by atoms with Gasteiger partial charge in [-0.2, -0.15) is 0 Å². The monoisotopic (exact) mass is 234 g/mol. The zero-order valence-electron chi connectivity index (χ0n) is 10.5. The van der Waals surface area contributed by atoms with Crippen LogP contribution in [0, 0.1) is 0 Å². The predicted octanol–water partition coefficient (Wildman–Crippen LogP) is 2.64. The minimum atomic E-state index is 0.649. The van der Waals surface area contributed by atoms with E-state index in [1.165, 1.54) is 12.7 Å². The van der Waals surface area contributed by atoms with Crippen molar-refractivity contribution >= 4 is 11.4 Å². The Morgan fingerprint density at radius 3 is 2.29 bits per heavy atom. The normalized spacial score (nSPS) is 12.4. The third-order valence-electron chi connectivity index (χ3n) is 2.18. The topological polar surface area (TPSA) is 43.2 Å². The first kappa shape index (κ1) is 13.2. The van der Waals surface area contributed by atoms with Crippen molar-refractivity contribution in [2.45, 2.75) is 19.8 Å².